The molecule has 0 bridgehead atoms. The molecule has 1 fully saturated rings. The minimum atomic E-state index is 0.0733. The molecular weight excluding hydrogens is 390 g/mol. The minimum Gasteiger partial charge on any atom is -0.497 e. The lowest BCUT2D eigenvalue weighted by Gasteiger charge is -2.23. The highest BCUT2D eigenvalue weighted by Crippen LogP contribution is 2.30. The Morgan fingerprint density at radius 3 is 2.72 bits per heavy atom. The van der Waals surface area contributed by atoms with E-state index in [2.05, 4.69) is 5.32 Å². The second kappa shape index (κ2) is 9.41. The summed E-state index contributed by atoms with van der Waals surface area (Å²) in [7, 11) is 1.66. The maximum absolute atomic E-state index is 6.46. The molecule has 2 heterocycles. The second-order valence-electron chi connectivity index (χ2n) is 6.82. The number of hydrogen-bond donors (Lipinski definition) is 1. The molecule has 0 unspecified atom stereocenters. The van der Waals surface area contributed by atoms with Crippen LogP contribution in [0.25, 0.3) is 16.9 Å². The van der Waals surface area contributed by atoms with Crippen LogP contribution in [0.3, 0.4) is 0 Å². The standard InChI is InChI=1S/C22H24ClN3O3/c1-27-18-8-6-17(7-9-18)26-14-16(12-24-13-19-15-28-10-11-29-19)22(25-26)20-4-2-3-5-21(20)23/h2-9,14,19,24H,10-13,15H2,1H3/t19-/m1/s1. The summed E-state index contributed by atoms with van der Waals surface area (Å²) in [6, 6.07) is 15.6. The Kier molecular flexibility index (Phi) is 6.46. The van der Waals surface area contributed by atoms with E-state index >= 15 is 0 Å². The Labute approximate surface area is 175 Å². The maximum Gasteiger partial charge on any atom is 0.119 e. The number of nitrogens with zero attached hydrogens (tertiary/aromatic N) is 2. The first-order valence-corrected chi connectivity index (χ1v) is 10.0. The summed E-state index contributed by atoms with van der Waals surface area (Å²) in [5.41, 5.74) is 3.79. The molecule has 1 saturated heterocycles. The molecule has 0 amide bonds. The van der Waals surface area contributed by atoms with Crippen molar-refractivity contribution >= 4 is 11.6 Å². The van der Waals surface area contributed by atoms with E-state index in [1.54, 1.807) is 7.11 Å². The summed E-state index contributed by atoms with van der Waals surface area (Å²) < 4.78 is 18.3. The van der Waals surface area contributed by atoms with Gasteiger partial charge in [0.25, 0.3) is 0 Å². The number of nitrogens with one attached hydrogen (secondary N) is 1. The van der Waals surface area contributed by atoms with E-state index in [0.29, 0.717) is 31.4 Å². The molecule has 2 aromatic carbocycles. The predicted octanol–water partition coefficient (Wildman–Crippen LogP) is 3.71. The lowest BCUT2D eigenvalue weighted by molar-refractivity contribution is -0.0864. The zero-order chi connectivity index (χ0) is 20.1. The second-order valence-corrected chi connectivity index (χ2v) is 7.23. The van der Waals surface area contributed by atoms with Crippen molar-refractivity contribution in [2.75, 3.05) is 33.5 Å². The van der Waals surface area contributed by atoms with E-state index in [1.807, 2.05) is 59.4 Å². The van der Waals surface area contributed by atoms with Crippen LogP contribution >= 0.6 is 11.6 Å². The van der Waals surface area contributed by atoms with Crippen molar-refractivity contribution in [3.8, 4) is 22.7 Å². The van der Waals surface area contributed by atoms with Crippen LogP contribution in [0, 0.1) is 0 Å². The third-order valence-corrected chi connectivity index (χ3v) is 5.16. The van der Waals surface area contributed by atoms with Crippen LogP contribution < -0.4 is 10.1 Å². The quantitative estimate of drug-likeness (QED) is 0.640. The first-order chi connectivity index (χ1) is 14.2. The van der Waals surface area contributed by atoms with Crippen molar-refractivity contribution in [3.63, 3.8) is 0 Å². The lowest BCUT2D eigenvalue weighted by Crippen LogP contribution is -2.37. The van der Waals surface area contributed by atoms with Gasteiger partial charge in [-0.25, -0.2) is 4.68 Å². The van der Waals surface area contributed by atoms with Gasteiger partial charge in [-0.1, -0.05) is 29.8 Å². The fraction of sp³-hybridized carbons (Fsp3) is 0.318. The number of halogens is 1. The summed E-state index contributed by atoms with van der Waals surface area (Å²) >= 11 is 6.46. The Bertz CT molecular complexity index is 937. The van der Waals surface area contributed by atoms with Crippen LogP contribution in [0.4, 0.5) is 0 Å². The highest BCUT2D eigenvalue weighted by atomic mass is 35.5. The van der Waals surface area contributed by atoms with Crippen molar-refractivity contribution in [1.82, 2.24) is 15.1 Å². The molecule has 1 atom stereocenters. The first kappa shape index (κ1) is 19.9. The lowest BCUT2D eigenvalue weighted by atomic mass is 10.1. The summed E-state index contributed by atoms with van der Waals surface area (Å²) in [6.45, 7) is 3.30. The van der Waals surface area contributed by atoms with Crippen molar-refractivity contribution in [3.05, 3.63) is 65.3 Å². The molecule has 3 aromatic rings. The first-order valence-electron chi connectivity index (χ1n) is 9.62. The van der Waals surface area contributed by atoms with Crippen molar-refractivity contribution < 1.29 is 14.2 Å². The van der Waals surface area contributed by atoms with Crippen LogP contribution in [-0.4, -0.2) is 49.4 Å². The van der Waals surface area contributed by atoms with Gasteiger partial charge in [-0.15, -0.1) is 0 Å². The molecule has 6 nitrogen and oxygen atoms in total. The number of rotatable bonds is 7. The summed E-state index contributed by atoms with van der Waals surface area (Å²) in [4.78, 5) is 0. The van der Waals surface area contributed by atoms with Crippen molar-refractivity contribution in [1.29, 1.82) is 0 Å². The van der Waals surface area contributed by atoms with E-state index in [9.17, 15) is 0 Å². The highest BCUT2D eigenvalue weighted by molar-refractivity contribution is 6.33. The van der Waals surface area contributed by atoms with Gasteiger partial charge in [0.2, 0.25) is 0 Å². The minimum absolute atomic E-state index is 0.0733. The van der Waals surface area contributed by atoms with Crippen LogP contribution in [0.2, 0.25) is 5.02 Å². The molecule has 1 N–H and O–H groups in total. The average Bonchev–Trinajstić information content (AvgIpc) is 3.19. The Balaban J connectivity index is 1.58. The molecule has 4 rings (SSSR count). The zero-order valence-corrected chi connectivity index (χ0v) is 17.1. The topological polar surface area (TPSA) is 57.5 Å². The smallest absolute Gasteiger partial charge is 0.119 e. The molecule has 1 aliphatic rings. The molecule has 0 spiro atoms. The van der Waals surface area contributed by atoms with Gasteiger partial charge in [-0.05, 0) is 30.3 Å². The Hall–Kier alpha value is -2.38. The third kappa shape index (κ3) is 4.79. The SMILES string of the molecule is COc1ccc(-n2cc(CNC[C@@H]3COCCO3)c(-c3ccccc3Cl)n2)cc1. The van der Waals surface area contributed by atoms with Gasteiger partial charge in [0.05, 0.1) is 49.4 Å². The van der Waals surface area contributed by atoms with Crippen molar-refractivity contribution in [2.24, 2.45) is 0 Å². The Morgan fingerprint density at radius 2 is 2.00 bits per heavy atom. The molecule has 0 radical (unpaired) electrons. The fourth-order valence-electron chi connectivity index (χ4n) is 3.31. The van der Waals surface area contributed by atoms with Gasteiger partial charge in [-0.3, -0.25) is 0 Å². The van der Waals surface area contributed by atoms with Crippen LogP contribution in [0.5, 0.6) is 5.75 Å². The van der Waals surface area contributed by atoms with E-state index in [-0.39, 0.29) is 6.10 Å². The maximum atomic E-state index is 6.46. The number of ether oxygens (including phenoxy) is 3. The van der Waals surface area contributed by atoms with Gasteiger partial charge in [0.15, 0.2) is 0 Å². The fourth-order valence-corrected chi connectivity index (χ4v) is 3.53. The third-order valence-electron chi connectivity index (χ3n) is 4.83. The molecule has 7 heteroatoms. The molecule has 0 saturated carbocycles. The largest absolute Gasteiger partial charge is 0.497 e. The van der Waals surface area contributed by atoms with Gasteiger partial charge in [0, 0.05) is 30.4 Å². The van der Waals surface area contributed by atoms with E-state index in [0.717, 1.165) is 34.8 Å². The van der Waals surface area contributed by atoms with E-state index < -0.39 is 0 Å². The van der Waals surface area contributed by atoms with E-state index in [1.165, 1.54) is 0 Å². The number of methoxy groups -OCH3 is 1. The van der Waals surface area contributed by atoms with Crippen LogP contribution in [0.15, 0.2) is 54.7 Å². The number of aromatic nitrogens is 2. The number of hydrogen-bond acceptors (Lipinski definition) is 5. The summed E-state index contributed by atoms with van der Waals surface area (Å²) in [5.74, 6) is 0.809. The highest BCUT2D eigenvalue weighted by Gasteiger charge is 2.17. The molecule has 0 aliphatic carbocycles. The van der Waals surface area contributed by atoms with Crippen LogP contribution in [0.1, 0.15) is 5.56 Å². The van der Waals surface area contributed by atoms with Gasteiger partial charge < -0.3 is 19.5 Å². The van der Waals surface area contributed by atoms with E-state index in [4.69, 9.17) is 30.9 Å². The molecular formula is C22H24ClN3O3. The zero-order valence-electron chi connectivity index (χ0n) is 16.3. The monoisotopic (exact) mass is 413 g/mol. The van der Waals surface area contributed by atoms with Gasteiger partial charge in [0.1, 0.15) is 5.75 Å². The van der Waals surface area contributed by atoms with Gasteiger partial charge in [-0.2, -0.15) is 5.10 Å². The van der Waals surface area contributed by atoms with Crippen LogP contribution in [-0.2, 0) is 16.0 Å². The molecule has 29 heavy (non-hydrogen) atoms. The van der Waals surface area contributed by atoms with Crippen molar-refractivity contribution in [2.45, 2.75) is 12.6 Å². The average molecular weight is 414 g/mol. The molecule has 152 valence electrons. The van der Waals surface area contributed by atoms with Gasteiger partial charge >= 0.3 is 0 Å². The molecule has 1 aromatic heterocycles. The summed E-state index contributed by atoms with van der Waals surface area (Å²) in [5, 5.41) is 8.97. The predicted molar refractivity (Wildman–Crippen MR) is 113 cm³/mol. The normalized spacial score (nSPS) is 16.7. The Morgan fingerprint density at radius 1 is 1.17 bits per heavy atom. The summed E-state index contributed by atoms with van der Waals surface area (Å²) in [6.07, 6.45) is 2.11. The number of benzene rings is 2. The molecule has 1 aliphatic heterocycles.